The van der Waals surface area contributed by atoms with Gasteiger partial charge in [0.1, 0.15) is 0 Å². The summed E-state index contributed by atoms with van der Waals surface area (Å²) in [6.07, 6.45) is 3.56. The molecule has 4 heteroatoms. The Hall–Kier alpha value is 0.707. The molecule has 0 spiro atoms. The van der Waals surface area contributed by atoms with E-state index in [4.69, 9.17) is 0 Å². The van der Waals surface area contributed by atoms with Gasteiger partial charge in [-0.2, -0.15) is 0 Å². The van der Waals surface area contributed by atoms with E-state index in [0.717, 1.165) is 8.95 Å². The van der Waals surface area contributed by atoms with E-state index in [1.807, 2.05) is 17.7 Å². The monoisotopic (exact) mass is 241 g/mol. The number of hydrogen-bond donors (Lipinski definition) is 0. The topological polar surface area (TPSA) is 12.9 Å². The number of halogens is 2. The second kappa shape index (κ2) is 3.20. The second-order valence-corrected chi connectivity index (χ2v) is 3.44. The molecule has 0 unspecified atom stereocenters. The van der Waals surface area contributed by atoms with E-state index in [1.165, 1.54) is 4.24 Å². The molecule has 0 radical (unpaired) electrons. The summed E-state index contributed by atoms with van der Waals surface area (Å²) in [6.45, 7) is 0. The van der Waals surface area contributed by atoms with Gasteiger partial charge in [0.2, 0.25) is 0 Å². The number of pyridine rings is 1. The molecule has 0 N–H and O–H groups in total. The van der Waals surface area contributed by atoms with Crippen LogP contribution in [-0.4, -0.2) is 22.7 Å². The fraction of sp³-hybridized carbons (Fsp3) is 0. The molecule has 1 nitrogen and oxygen atoms in total. The van der Waals surface area contributed by atoms with Crippen molar-refractivity contribution < 1.29 is 0 Å². The first-order valence-corrected chi connectivity index (χ1v) is 4.06. The van der Waals surface area contributed by atoms with Crippen LogP contribution in [-0.2, 0) is 0 Å². The molecule has 0 aliphatic rings. The van der Waals surface area contributed by atoms with Crippen LogP contribution in [0.15, 0.2) is 21.3 Å². The molecule has 0 aliphatic heterocycles. The molecule has 0 atom stereocenters. The van der Waals surface area contributed by atoms with E-state index in [2.05, 4.69) is 36.8 Å². The fourth-order valence-electron chi connectivity index (χ4n) is 0.476. The van der Waals surface area contributed by atoms with Gasteiger partial charge >= 0.3 is 80.1 Å². The van der Waals surface area contributed by atoms with Gasteiger partial charge in [0.25, 0.3) is 0 Å². The number of hydrogen-bond acceptors (Lipinski definition) is 1. The molecule has 9 heavy (non-hydrogen) atoms. The second-order valence-electron chi connectivity index (χ2n) is 1.73. The molecule has 42 valence electrons. The van der Waals surface area contributed by atoms with E-state index in [0.29, 0.717) is 0 Å². The van der Waals surface area contributed by atoms with Crippen molar-refractivity contribution in [2.75, 3.05) is 0 Å². The zero-order valence-electron chi connectivity index (χ0n) is 4.86. The van der Waals surface area contributed by atoms with Crippen LogP contribution in [0.25, 0.3) is 0 Å². The van der Waals surface area contributed by atoms with Gasteiger partial charge in [0, 0.05) is 0 Å². The summed E-state index contributed by atoms with van der Waals surface area (Å²) in [7, 11) is 0. The van der Waals surface area contributed by atoms with Crippen LogP contribution in [0.2, 0.25) is 0 Å². The van der Waals surface area contributed by atoms with Crippen molar-refractivity contribution in [3.8, 4) is 0 Å². The van der Waals surface area contributed by atoms with E-state index in [1.54, 1.807) is 12.4 Å². The van der Waals surface area contributed by atoms with Crippen molar-refractivity contribution in [3.05, 3.63) is 21.3 Å². The third kappa shape index (κ3) is 1.81. The third-order valence-electron chi connectivity index (χ3n) is 1.09. The SMILES string of the molecule is [Li][c]1c(Br)cncc1Br. The molecule has 0 bridgehead atoms. The van der Waals surface area contributed by atoms with Crippen molar-refractivity contribution in [2.24, 2.45) is 0 Å². The molecule has 0 saturated heterocycles. The first-order chi connectivity index (χ1) is 4.22. The standard InChI is InChI=1S/C5H2Br2N.Li/c6-4-1-5(7)3-8-2-4;/h2-3H;. The molecule has 0 aromatic carbocycles. The molecular weight excluding hydrogens is 241 g/mol. The normalized spacial score (nSPS) is 9.78. The van der Waals surface area contributed by atoms with Crippen molar-refractivity contribution in [1.82, 2.24) is 4.98 Å². The zero-order chi connectivity index (χ0) is 6.85. The van der Waals surface area contributed by atoms with Crippen LogP contribution < -0.4 is 4.24 Å². The van der Waals surface area contributed by atoms with Crippen LogP contribution in [0.3, 0.4) is 0 Å². The van der Waals surface area contributed by atoms with Crippen molar-refractivity contribution in [3.63, 3.8) is 0 Å². The Bertz CT molecular complexity index is 206. The van der Waals surface area contributed by atoms with Crippen molar-refractivity contribution in [2.45, 2.75) is 0 Å². The predicted molar refractivity (Wildman–Crippen MR) is 45.0 cm³/mol. The van der Waals surface area contributed by atoms with Crippen LogP contribution in [0.4, 0.5) is 0 Å². The Morgan fingerprint density at radius 1 is 1.22 bits per heavy atom. The summed E-state index contributed by atoms with van der Waals surface area (Å²) < 4.78 is 3.26. The molecule has 1 aromatic rings. The Balaban J connectivity index is 3.25. The van der Waals surface area contributed by atoms with Gasteiger partial charge in [-0.3, -0.25) is 0 Å². The van der Waals surface area contributed by atoms with Gasteiger partial charge in [-0.25, -0.2) is 0 Å². The molecular formula is C5H2Br2LiN. The molecule has 0 amide bonds. The Kier molecular flexibility index (Phi) is 2.78. The minimum atomic E-state index is 1.04. The van der Waals surface area contributed by atoms with E-state index in [9.17, 15) is 0 Å². The Morgan fingerprint density at radius 3 is 2.00 bits per heavy atom. The predicted octanol–water partition coefficient (Wildman–Crippen LogP) is 1.40. The maximum atomic E-state index is 3.95. The van der Waals surface area contributed by atoms with Crippen LogP contribution in [0, 0.1) is 0 Å². The van der Waals surface area contributed by atoms with Crippen LogP contribution in [0.5, 0.6) is 0 Å². The van der Waals surface area contributed by atoms with E-state index >= 15 is 0 Å². The third-order valence-corrected chi connectivity index (χ3v) is 2.69. The van der Waals surface area contributed by atoms with Gasteiger partial charge < -0.3 is 0 Å². The first kappa shape index (κ1) is 7.81. The minimum absolute atomic E-state index is 1.04. The van der Waals surface area contributed by atoms with Crippen molar-refractivity contribution >= 4 is 53.8 Å². The van der Waals surface area contributed by atoms with E-state index < -0.39 is 0 Å². The Morgan fingerprint density at radius 2 is 1.67 bits per heavy atom. The molecule has 0 saturated carbocycles. The maximum absolute atomic E-state index is 3.95. The Labute approximate surface area is 79.7 Å². The number of rotatable bonds is 0. The van der Waals surface area contributed by atoms with Crippen LogP contribution >= 0.6 is 31.9 Å². The van der Waals surface area contributed by atoms with Crippen LogP contribution in [0.1, 0.15) is 0 Å². The molecule has 1 rings (SSSR count). The average molecular weight is 243 g/mol. The van der Waals surface area contributed by atoms with Crippen molar-refractivity contribution in [1.29, 1.82) is 0 Å². The summed E-state index contributed by atoms with van der Waals surface area (Å²) in [5.41, 5.74) is 0. The number of aromatic nitrogens is 1. The first-order valence-electron chi connectivity index (χ1n) is 2.47. The van der Waals surface area contributed by atoms with Gasteiger partial charge in [-0.1, -0.05) is 0 Å². The van der Waals surface area contributed by atoms with E-state index in [-0.39, 0.29) is 0 Å². The molecule has 1 aromatic heterocycles. The van der Waals surface area contributed by atoms with Gasteiger partial charge in [0.05, 0.1) is 0 Å². The van der Waals surface area contributed by atoms with Gasteiger partial charge in [-0.05, 0) is 0 Å². The molecule has 0 aliphatic carbocycles. The van der Waals surface area contributed by atoms with Gasteiger partial charge in [-0.15, -0.1) is 0 Å². The summed E-state index contributed by atoms with van der Waals surface area (Å²) in [5.74, 6) is 0. The number of nitrogens with zero attached hydrogens (tertiary/aromatic N) is 1. The quantitative estimate of drug-likeness (QED) is 0.627. The van der Waals surface area contributed by atoms with Gasteiger partial charge in [0.15, 0.2) is 0 Å². The molecule has 1 heterocycles. The summed E-state index contributed by atoms with van der Waals surface area (Å²) in [6, 6.07) is 0. The summed E-state index contributed by atoms with van der Waals surface area (Å²) in [5, 5.41) is 0. The fourth-order valence-corrected chi connectivity index (χ4v) is 1.41. The summed E-state index contributed by atoms with van der Waals surface area (Å²) >= 11 is 8.73. The molecule has 0 fully saturated rings. The average Bonchev–Trinajstić information content (AvgIpc) is 1.83. The zero-order valence-corrected chi connectivity index (χ0v) is 8.03. The summed E-state index contributed by atoms with van der Waals surface area (Å²) in [4.78, 5) is 3.95.